The van der Waals surface area contributed by atoms with Crippen molar-refractivity contribution in [2.75, 3.05) is 33.7 Å². The molecule has 1 aliphatic rings. The lowest BCUT2D eigenvalue weighted by molar-refractivity contribution is 0.0873. The maximum absolute atomic E-state index is 13.1. The van der Waals surface area contributed by atoms with Gasteiger partial charge in [-0.05, 0) is 39.1 Å². The summed E-state index contributed by atoms with van der Waals surface area (Å²) in [6.07, 6.45) is 2.17. The topological polar surface area (TPSA) is 23.6 Å². The lowest BCUT2D eigenvalue weighted by atomic mass is 10.0. The van der Waals surface area contributed by atoms with E-state index in [2.05, 4.69) is 23.9 Å². The standard InChI is InChI=1S/C15H21FN2O/c1-17(2)14-6-8-18(9-7-14)11-15(19)12-4-3-5-13(16)10-12/h3-5,10,14H,6-9,11H2,1-2H3. The normalized spacial score (nSPS) is 17.9. The highest BCUT2D eigenvalue weighted by molar-refractivity contribution is 5.97. The van der Waals surface area contributed by atoms with Crippen LogP contribution >= 0.6 is 0 Å². The van der Waals surface area contributed by atoms with E-state index in [1.807, 2.05) is 0 Å². The monoisotopic (exact) mass is 264 g/mol. The van der Waals surface area contributed by atoms with Gasteiger partial charge < -0.3 is 4.90 Å². The third kappa shape index (κ3) is 3.85. The summed E-state index contributed by atoms with van der Waals surface area (Å²) < 4.78 is 13.1. The number of nitrogens with zero attached hydrogens (tertiary/aromatic N) is 2. The second-order valence-electron chi connectivity index (χ2n) is 5.40. The van der Waals surface area contributed by atoms with E-state index in [0.29, 0.717) is 18.2 Å². The Balaban J connectivity index is 1.87. The Hall–Kier alpha value is -1.26. The lowest BCUT2D eigenvalue weighted by Gasteiger charge is -2.34. The zero-order valence-corrected chi connectivity index (χ0v) is 11.6. The summed E-state index contributed by atoms with van der Waals surface area (Å²) >= 11 is 0. The number of hydrogen-bond acceptors (Lipinski definition) is 3. The largest absolute Gasteiger partial charge is 0.306 e. The van der Waals surface area contributed by atoms with Crippen LogP contribution < -0.4 is 0 Å². The predicted molar refractivity (Wildman–Crippen MR) is 73.9 cm³/mol. The van der Waals surface area contributed by atoms with Crippen molar-refractivity contribution in [3.05, 3.63) is 35.6 Å². The molecule has 0 spiro atoms. The third-order valence-corrected chi connectivity index (χ3v) is 3.80. The first kappa shape index (κ1) is 14.2. The van der Waals surface area contributed by atoms with Crippen molar-refractivity contribution < 1.29 is 9.18 Å². The van der Waals surface area contributed by atoms with Crippen molar-refractivity contribution in [2.45, 2.75) is 18.9 Å². The first-order valence-electron chi connectivity index (χ1n) is 6.74. The number of ketones is 1. The molecule has 1 saturated heterocycles. The molecule has 0 atom stereocenters. The van der Waals surface area contributed by atoms with Crippen LogP contribution in [-0.2, 0) is 0 Å². The fraction of sp³-hybridized carbons (Fsp3) is 0.533. The predicted octanol–water partition coefficient (Wildman–Crippen LogP) is 2.03. The Morgan fingerprint density at radius 3 is 2.63 bits per heavy atom. The van der Waals surface area contributed by atoms with Gasteiger partial charge in [-0.1, -0.05) is 12.1 Å². The lowest BCUT2D eigenvalue weighted by Crippen LogP contribution is -2.43. The molecule has 0 unspecified atom stereocenters. The van der Waals surface area contributed by atoms with Gasteiger partial charge in [0.1, 0.15) is 5.82 Å². The van der Waals surface area contributed by atoms with E-state index in [1.54, 1.807) is 12.1 Å². The van der Waals surface area contributed by atoms with Gasteiger partial charge in [-0.25, -0.2) is 4.39 Å². The fourth-order valence-electron chi connectivity index (χ4n) is 2.55. The van der Waals surface area contributed by atoms with E-state index in [0.717, 1.165) is 25.9 Å². The Morgan fingerprint density at radius 1 is 1.37 bits per heavy atom. The molecule has 0 aliphatic carbocycles. The van der Waals surface area contributed by atoms with Gasteiger partial charge in [-0.3, -0.25) is 9.69 Å². The quantitative estimate of drug-likeness (QED) is 0.778. The molecule has 1 heterocycles. The molecule has 3 nitrogen and oxygen atoms in total. The SMILES string of the molecule is CN(C)C1CCN(CC(=O)c2cccc(F)c2)CC1. The van der Waals surface area contributed by atoms with Gasteiger partial charge in [-0.15, -0.1) is 0 Å². The van der Waals surface area contributed by atoms with Crippen LogP contribution in [0.5, 0.6) is 0 Å². The second kappa shape index (κ2) is 6.26. The van der Waals surface area contributed by atoms with Gasteiger partial charge in [0.05, 0.1) is 6.54 Å². The number of benzene rings is 1. The smallest absolute Gasteiger partial charge is 0.176 e. The minimum absolute atomic E-state index is 0.00260. The van der Waals surface area contributed by atoms with E-state index in [1.165, 1.54) is 12.1 Å². The van der Waals surface area contributed by atoms with Crippen molar-refractivity contribution in [1.82, 2.24) is 9.80 Å². The number of Topliss-reactive ketones (excluding diaryl/α,β-unsaturated/α-hetero) is 1. The van der Waals surface area contributed by atoms with Gasteiger partial charge in [0.25, 0.3) is 0 Å². The molecule has 104 valence electrons. The van der Waals surface area contributed by atoms with E-state index < -0.39 is 0 Å². The first-order chi connectivity index (χ1) is 9.06. The minimum atomic E-state index is -0.350. The summed E-state index contributed by atoms with van der Waals surface area (Å²) in [7, 11) is 4.19. The molecule has 1 aliphatic heterocycles. The van der Waals surface area contributed by atoms with E-state index in [-0.39, 0.29) is 11.6 Å². The van der Waals surface area contributed by atoms with Crippen LogP contribution in [-0.4, -0.2) is 55.4 Å². The highest BCUT2D eigenvalue weighted by atomic mass is 19.1. The van der Waals surface area contributed by atoms with E-state index >= 15 is 0 Å². The van der Waals surface area contributed by atoms with Crippen LogP contribution in [0, 0.1) is 5.82 Å². The molecule has 4 heteroatoms. The van der Waals surface area contributed by atoms with Crippen LogP contribution in [0.25, 0.3) is 0 Å². The Morgan fingerprint density at radius 2 is 2.05 bits per heavy atom. The third-order valence-electron chi connectivity index (χ3n) is 3.80. The highest BCUT2D eigenvalue weighted by Crippen LogP contribution is 2.15. The maximum Gasteiger partial charge on any atom is 0.176 e. The molecular formula is C15H21FN2O. The molecular weight excluding hydrogens is 243 g/mol. The number of likely N-dealkylation sites (tertiary alicyclic amines) is 1. The first-order valence-corrected chi connectivity index (χ1v) is 6.74. The number of halogens is 1. The zero-order valence-electron chi connectivity index (χ0n) is 11.6. The molecule has 0 aromatic heterocycles. The summed E-state index contributed by atoms with van der Waals surface area (Å²) in [5.74, 6) is -0.347. The summed E-state index contributed by atoms with van der Waals surface area (Å²) in [4.78, 5) is 16.5. The molecule has 1 aromatic rings. The number of piperidine rings is 1. The van der Waals surface area contributed by atoms with Gasteiger partial charge in [0.2, 0.25) is 0 Å². The fourth-order valence-corrected chi connectivity index (χ4v) is 2.55. The van der Waals surface area contributed by atoms with Gasteiger partial charge in [0, 0.05) is 24.7 Å². The van der Waals surface area contributed by atoms with Crippen molar-refractivity contribution >= 4 is 5.78 Å². The zero-order chi connectivity index (χ0) is 13.8. The van der Waals surface area contributed by atoms with E-state index in [4.69, 9.17) is 0 Å². The molecule has 0 radical (unpaired) electrons. The molecule has 2 rings (SSSR count). The van der Waals surface area contributed by atoms with Crippen molar-refractivity contribution in [2.24, 2.45) is 0 Å². The molecule has 1 aromatic carbocycles. The Labute approximate surface area is 114 Å². The van der Waals surface area contributed by atoms with Crippen molar-refractivity contribution in [3.63, 3.8) is 0 Å². The summed E-state index contributed by atoms with van der Waals surface area (Å²) in [6, 6.07) is 6.55. The maximum atomic E-state index is 13.1. The van der Waals surface area contributed by atoms with Crippen LogP contribution in [0.3, 0.4) is 0 Å². The van der Waals surface area contributed by atoms with Crippen LogP contribution in [0.15, 0.2) is 24.3 Å². The van der Waals surface area contributed by atoms with Crippen molar-refractivity contribution in [3.8, 4) is 0 Å². The summed E-state index contributed by atoms with van der Waals surface area (Å²) in [5, 5.41) is 0. The second-order valence-corrected chi connectivity index (χ2v) is 5.40. The Bertz CT molecular complexity index is 440. The van der Waals surface area contributed by atoms with Crippen molar-refractivity contribution in [1.29, 1.82) is 0 Å². The number of carbonyl (C=O) groups is 1. The highest BCUT2D eigenvalue weighted by Gasteiger charge is 2.22. The molecule has 19 heavy (non-hydrogen) atoms. The van der Waals surface area contributed by atoms with Gasteiger partial charge in [-0.2, -0.15) is 0 Å². The van der Waals surface area contributed by atoms with Crippen LogP contribution in [0.1, 0.15) is 23.2 Å². The average molecular weight is 264 g/mol. The molecule has 0 amide bonds. The van der Waals surface area contributed by atoms with Crippen LogP contribution in [0.2, 0.25) is 0 Å². The van der Waals surface area contributed by atoms with Gasteiger partial charge >= 0.3 is 0 Å². The molecule has 0 bridgehead atoms. The number of rotatable bonds is 4. The summed E-state index contributed by atoms with van der Waals surface area (Å²) in [6.45, 7) is 2.26. The van der Waals surface area contributed by atoms with Crippen LogP contribution in [0.4, 0.5) is 4.39 Å². The molecule has 0 saturated carbocycles. The summed E-state index contributed by atoms with van der Waals surface area (Å²) in [5.41, 5.74) is 0.467. The average Bonchev–Trinajstić information content (AvgIpc) is 2.39. The number of hydrogen-bond donors (Lipinski definition) is 0. The minimum Gasteiger partial charge on any atom is -0.306 e. The molecule has 1 fully saturated rings. The van der Waals surface area contributed by atoms with E-state index in [9.17, 15) is 9.18 Å². The Kier molecular flexibility index (Phi) is 4.66. The number of carbonyl (C=O) groups excluding carboxylic acids is 1. The molecule has 0 N–H and O–H groups in total. The van der Waals surface area contributed by atoms with Gasteiger partial charge in [0.15, 0.2) is 5.78 Å².